The standard InChI is InChI=1S/C18H17NO4/c20-17(15-10-12-4-1-2-5-14(12)23-15)19-11-18(21,13-7-8-13)16-6-3-9-22-16/h1-6,9-10,13,21H,7-8,11H2,(H,19,20)/t18-/m0/s1. The van der Waals surface area contributed by atoms with Gasteiger partial charge in [-0.2, -0.15) is 0 Å². The predicted octanol–water partition coefficient (Wildman–Crippen LogP) is 3.05. The van der Waals surface area contributed by atoms with Gasteiger partial charge in [-0.1, -0.05) is 18.2 Å². The molecule has 0 saturated heterocycles. The van der Waals surface area contributed by atoms with Crippen molar-refractivity contribution in [3.8, 4) is 0 Å². The lowest BCUT2D eigenvalue weighted by atomic mass is 9.94. The molecule has 23 heavy (non-hydrogen) atoms. The Labute approximate surface area is 132 Å². The fourth-order valence-corrected chi connectivity index (χ4v) is 2.91. The fraction of sp³-hybridized carbons (Fsp3) is 0.278. The monoisotopic (exact) mass is 311 g/mol. The molecule has 1 atom stereocenters. The second kappa shape index (κ2) is 5.28. The first-order valence-electron chi connectivity index (χ1n) is 7.70. The third-order valence-corrected chi connectivity index (χ3v) is 4.37. The van der Waals surface area contributed by atoms with Crippen LogP contribution in [0.15, 0.2) is 57.6 Å². The summed E-state index contributed by atoms with van der Waals surface area (Å²) in [5.41, 5.74) is -0.494. The van der Waals surface area contributed by atoms with E-state index >= 15 is 0 Å². The Morgan fingerprint density at radius 3 is 2.78 bits per heavy atom. The largest absolute Gasteiger partial charge is 0.466 e. The molecule has 1 aliphatic rings. The number of amides is 1. The van der Waals surface area contributed by atoms with Crippen LogP contribution in [0.25, 0.3) is 11.0 Å². The van der Waals surface area contributed by atoms with Gasteiger partial charge in [-0.15, -0.1) is 0 Å². The molecule has 118 valence electrons. The molecule has 5 heteroatoms. The number of carbonyl (C=O) groups is 1. The highest BCUT2D eigenvalue weighted by Gasteiger charge is 2.47. The van der Waals surface area contributed by atoms with Crippen LogP contribution < -0.4 is 5.32 Å². The maximum Gasteiger partial charge on any atom is 0.287 e. The van der Waals surface area contributed by atoms with E-state index in [0.29, 0.717) is 11.3 Å². The molecule has 3 aromatic rings. The van der Waals surface area contributed by atoms with Gasteiger partial charge in [0.25, 0.3) is 5.91 Å². The van der Waals surface area contributed by atoms with E-state index in [4.69, 9.17) is 8.83 Å². The Kier molecular flexibility index (Phi) is 3.23. The van der Waals surface area contributed by atoms with Gasteiger partial charge in [0.1, 0.15) is 16.9 Å². The summed E-state index contributed by atoms with van der Waals surface area (Å²) >= 11 is 0. The summed E-state index contributed by atoms with van der Waals surface area (Å²) in [5, 5.41) is 14.6. The molecule has 1 aromatic carbocycles. The van der Waals surface area contributed by atoms with Crippen LogP contribution in [0.1, 0.15) is 29.2 Å². The Hall–Kier alpha value is -2.53. The number of nitrogens with one attached hydrogen (secondary N) is 1. The summed E-state index contributed by atoms with van der Waals surface area (Å²) in [6, 6.07) is 12.6. The molecule has 4 rings (SSSR count). The van der Waals surface area contributed by atoms with Gasteiger partial charge in [0.15, 0.2) is 5.76 Å². The van der Waals surface area contributed by atoms with Crippen molar-refractivity contribution in [2.75, 3.05) is 6.54 Å². The van der Waals surface area contributed by atoms with Gasteiger partial charge >= 0.3 is 0 Å². The molecule has 2 heterocycles. The molecule has 2 aromatic heterocycles. The van der Waals surface area contributed by atoms with Crippen molar-refractivity contribution in [1.29, 1.82) is 0 Å². The van der Waals surface area contributed by atoms with E-state index in [1.54, 1.807) is 18.2 Å². The van der Waals surface area contributed by atoms with Crippen molar-refractivity contribution >= 4 is 16.9 Å². The number of para-hydroxylation sites is 1. The van der Waals surface area contributed by atoms with Gasteiger partial charge in [-0.3, -0.25) is 4.79 Å². The van der Waals surface area contributed by atoms with E-state index < -0.39 is 5.60 Å². The molecular weight excluding hydrogens is 294 g/mol. The molecule has 1 amide bonds. The Bertz CT molecular complexity index is 799. The lowest BCUT2D eigenvalue weighted by Gasteiger charge is -2.26. The smallest absolute Gasteiger partial charge is 0.287 e. The summed E-state index contributed by atoms with van der Waals surface area (Å²) in [6.07, 6.45) is 3.39. The minimum Gasteiger partial charge on any atom is -0.466 e. The van der Waals surface area contributed by atoms with Crippen LogP contribution in [0.3, 0.4) is 0 Å². The van der Waals surface area contributed by atoms with Gasteiger partial charge in [0.2, 0.25) is 0 Å². The van der Waals surface area contributed by atoms with E-state index in [-0.39, 0.29) is 24.1 Å². The Morgan fingerprint density at radius 1 is 1.26 bits per heavy atom. The lowest BCUT2D eigenvalue weighted by Crippen LogP contribution is -2.42. The minimum absolute atomic E-state index is 0.0983. The first-order valence-corrected chi connectivity index (χ1v) is 7.70. The van der Waals surface area contributed by atoms with Gasteiger partial charge in [0, 0.05) is 5.39 Å². The third kappa shape index (κ3) is 2.53. The molecular formula is C18H17NO4. The van der Waals surface area contributed by atoms with Crippen LogP contribution in [0, 0.1) is 5.92 Å². The molecule has 0 bridgehead atoms. The summed E-state index contributed by atoms with van der Waals surface area (Å²) in [7, 11) is 0. The van der Waals surface area contributed by atoms with Crippen molar-refractivity contribution in [1.82, 2.24) is 5.32 Å². The van der Waals surface area contributed by atoms with Crippen LogP contribution in [0.5, 0.6) is 0 Å². The average Bonchev–Trinajstić information content (AvgIpc) is 3.12. The zero-order valence-electron chi connectivity index (χ0n) is 12.5. The Morgan fingerprint density at radius 2 is 2.09 bits per heavy atom. The molecule has 0 aliphatic heterocycles. The molecule has 0 unspecified atom stereocenters. The van der Waals surface area contributed by atoms with Crippen molar-refractivity contribution < 1.29 is 18.7 Å². The topological polar surface area (TPSA) is 75.6 Å². The minimum atomic E-state index is -1.16. The molecule has 1 aliphatic carbocycles. The SMILES string of the molecule is O=C(NC[C@@](O)(c1ccco1)C1CC1)c1cc2ccccc2o1. The average molecular weight is 311 g/mol. The van der Waals surface area contributed by atoms with E-state index in [2.05, 4.69) is 5.32 Å². The summed E-state index contributed by atoms with van der Waals surface area (Å²) < 4.78 is 10.9. The summed E-state index contributed by atoms with van der Waals surface area (Å²) in [5.74, 6) is 0.505. The molecule has 0 spiro atoms. The van der Waals surface area contributed by atoms with E-state index in [0.717, 1.165) is 18.2 Å². The van der Waals surface area contributed by atoms with Crippen molar-refractivity contribution in [3.05, 3.63) is 60.2 Å². The van der Waals surface area contributed by atoms with Crippen LogP contribution >= 0.6 is 0 Å². The molecule has 2 N–H and O–H groups in total. The highest BCUT2D eigenvalue weighted by Crippen LogP contribution is 2.45. The fourth-order valence-electron chi connectivity index (χ4n) is 2.91. The van der Waals surface area contributed by atoms with Crippen molar-refractivity contribution in [2.45, 2.75) is 18.4 Å². The zero-order valence-corrected chi connectivity index (χ0v) is 12.5. The van der Waals surface area contributed by atoms with Gasteiger partial charge < -0.3 is 19.3 Å². The number of aliphatic hydroxyl groups is 1. The molecule has 1 fully saturated rings. The van der Waals surface area contributed by atoms with Gasteiger partial charge in [-0.05, 0) is 43.0 Å². The molecule has 0 radical (unpaired) electrons. The van der Waals surface area contributed by atoms with Crippen molar-refractivity contribution in [3.63, 3.8) is 0 Å². The van der Waals surface area contributed by atoms with E-state index in [1.165, 1.54) is 6.26 Å². The zero-order chi connectivity index (χ0) is 15.9. The van der Waals surface area contributed by atoms with Crippen LogP contribution in [-0.2, 0) is 5.60 Å². The molecule has 5 nitrogen and oxygen atoms in total. The number of benzene rings is 1. The number of fused-ring (bicyclic) bond motifs is 1. The molecule has 1 saturated carbocycles. The van der Waals surface area contributed by atoms with Crippen LogP contribution in [0.2, 0.25) is 0 Å². The number of carbonyl (C=O) groups excluding carboxylic acids is 1. The van der Waals surface area contributed by atoms with Crippen molar-refractivity contribution in [2.24, 2.45) is 5.92 Å². The van der Waals surface area contributed by atoms with Gasteiger partial charge in [-0.25, -0.2) is 0 Å². The second-order valence-electron chi connectivity index (χ2n) is 6.01. The summed E-state index contributed by atoms with van der Waals surface area (Å²) in [4.78, 5) is 12.3. The normalized spacial score (nSPS) is 17.1. The number of rotatable bonds is 5. The first-order chi connectivity index (χ1) is 11.2. The maximum absolute atomic E-state index is 12.3. The predicted molar refractivity (Wildman–Crippen MR) is 83.9 cm³/mol. The van der Waals surface area contributed by atoms with Crippen LogP contribution in [0.4, 0.5) is 0 Å². The van der Waals surface area contributed by atoms with Crippen LogP contribution in [-0.4, -0.2) is 17.6 Å². The highest BCUT2D eigenvalue weighted by molar-refractivity contribution is 5.96. The first kappa shape index (κ1) is 14.1. The van der Waals surface area contributed by atoms with E-state index in [9.17, 15) is 9.90 Å². The third-order valence-electron chi connectivity index (χ3n) is 4.37. The Balaban J connectivity index is 1.52. The number of hydrogen-bond acceptors (Lipinski definition) is 4. The van der Waals surface area contributed by atoms with E-state index in [1.807, 2.05) is 24.3 Å². The highest BCUT2D eigenvalue weighted by atomic mass is 16.4. The number of furan rings is 2. The summed E-state index contributed by atoms with van der Waals surface area (Å²) in [6.45, 7) is 0.0983. The lowest BCUT2D eigenvalue weighted by molar-refractivity contribution is -0.00629. The van der Waals surface area contributed by atoms with Gasteiger partial charge in [0.05, 0.1) is 12.8 Å². The maximum atomic E-state index is 12.3. The quantitative estimate of drug-likeness (QED) is 0.759. The second-order valence-corrected chi connectivity index (χ2v) is 6.01. The number of hydrogen-bond donors (Lipinski definition) is 2.